The van der Waals surface area contributed by atoms with Gasteiger partial charge in [-0.15, -0.1) is 12.4 Å². The lowest BCUT2D eigenvalue weighted by Gasteiger charge is -2.20. The highest BCUT2D eigenvalue weighted by Gasteiger charge is 2.42. The van der Waals surface area contributed by atoms with Gasteiger partial charge in [0.15, 0.2) is 0 Å². The van der Waals surface area contributed by atoms with E-state index >= 15 is 0 Å². The molecule has 0 aromatic heterocycles. The Hall–Kier alpha value is -1.73. The van der Waals surface area contributed by atoms with Gasteiger partial charge in [-0.2, -0.15) is 0 Å². The van der Waals surface area contributed by atoms with Gasteiger partial charge in [0.25, 0.3) is 5.92 Å². The Balaban J connectivity index is 0.00000225. The zero-order valence-electron chi connectivity index (χ0n) is 13.9. The lowest BCUT2D eigenvalue weighted by molar-refractivity contribution is -0.124. The van der Waals surface area contributed by atoms with Crippen molar-refractivity contribution in [2.45, 2.75) is 44.2 Å². The first-order valence-electron chi connectivity index (χ1n) is 8.18. The summed E-state index contributed by atoms with van der Waals surface area (Å²) in [4.78, 5) is 25.6. The zero-order chi connectivity index (χ0) is 17.3. The average Bonchev–Trinajstić information content (AvgIpc) is 3.12. The van der Waals surface area contributed by atoms with E-state index in [0.717, 1.165) is 24.2 Å². The number of amides is 2. The van der Waals surface area contributed by atoms with Crippen molar-refractivity contribution in [2.75, 3.05) is 18.0 Å². The first-order valence-corrected chi connectivity index (χ1v) is 8.18. The number of halogens is 3. The second kappa shape index (κ2) is 7.66. The minimum absolute atomic E-state index is 0. The summed E-state index contributed by atoms with van der Waals surface area (Å²) in [5, 5.41) is 5.31. The molecule has 2 atom stereocenters. The second-order valence-electron chi connectivity index (χ2n) is 6.46. The van der Waals surface area contributed by atoms with Crippen molar-refractivity contribution in [3.8, 4) is 0 Å². The Morgan fingerprint density at radius 1 is 1.36 bits per heavy atom. The summed E-state index contributed by atoms with van der Waals surface area (Å²) in [6.45, 7) is 2.07. The van der Waals surface area contributed by atoms with Crippen molar-refractivity contribution in [3.63, 3.8) is 0 Å². The molecule has 2 fully saturated rings. The molecule has 0 radical (unpaired) electrons. The van der Waals surface area contributed by atoms with Crippen LogP contribution in [0.25, 0.3) is 0 Å². The molecule has 2 heterocycles. The maximum absolute atomic E-state index is 13.2. The number of benzene rings is 1. The van der Waals surface area contributed by atoms with Crippen LogP contribution in [0, 0.1) is 0 Å². The zero-order valence-corrected chi connectivity index (χ0v) is 14.7. The van der Waals surface area contributed by atoms with Crippen LogP contribution in [-0.4, -0.2) is 36.9 Å². The van der Waals surface area contributed by atoms with Crippen LogP contribution < -0.4 is 15.5 Å². The molecule has 138 valence electrons. The van der Waals surface area contributed by atoms with Crippen LogP contribution >= 0.6 is 12.4 Å². The molecule has 2 aliphatic heterocycles. The molecule has 25 heavy (non-hydrogen) atoms. The number of nitrogens with one attached hydrogen (secondary N) is 2. The van der Waals surface area contributed by atoms with Crippen molar-refractivity contribution in [1.82, 2.24) is 10.6 Å². The highest BCUT2D eigenvalue weighted by molar-refractivity contribution is 5.95. The summed E-state index contributed by atoms with van der Waals surface area (Å²) < 4.78 is 26.3. The summed E-state index contributed by atoms with van der Waals surface area (Å²) in [6.07, 6.45) is 0.973. The largest absolute Gasteiger partial charge is 0.348 e. The minimum atomic E-state index is -2.82. The molecule has 0 saturated carbocycles. The summed E-state index contributed by atoms with van der Waals surface area (Å²) >= 11 is 0. The molecule has 5 nitrogen and oxygen atoms in total. The Morgan fingerprint density at radius 2 is 2.04 bits per heavy atom. The molecule has 1 aromatic rings. The average molecular weight is 374 g/mol. The fourth-order valence-electron chi connectivity index (χ4n) is 3.16. The summed E-state index contributed by atoms with van der Waals surface area (Å²) in [6, 6.07) is 6.25. The number of rotatable bonds is 4. The van der Waals surface area contributed by atoms with E-state index in [1.165, 1.54) is 0 Å². The van der Waals surface area contributed by atoms with E-state index in [-0.39, 0.29) is 24.4 Å². The topological polar surface area (TPSA) is 61.4 Å². The van der Waals surface area contributed by atoms with E-state index in [4.69, 9.17) is 0 Å². The maximum Gasteiger partial charge on any atom is 0.262 e. The van der Waals surface area contributed by atoms with E-state index in [1.54, 1.807) is 11.8 Å². The van der Waals surface area contributed by atoms with Crippen molar-refractivity contribution < 1.29 is 18.4 Å². The highest BCUT2D eigenvalue weighted by atomic mass is 35.5. The molecule has 2 aliphatic rings. The van der Waals surface area contributed by atoms with Gasteiger partial charge < -0.3 is 10.2 Å². The molecule has 2 unspecified atom stereocenters. The van der Waals surface area contributed by atoms with Crippen LogP contribution in [0.5, 0.6) is 0 Å². The molecule has 1 aromatic carbocycles. The minimum Gasteiger partial charge on any atom is -0.348 e. The monoisotopic (exact) mass is 373 g/mol. The molecular formula is C17H22ClF2N3O2. The van der Waals surface area contributed by atoms with Gasteiger partial charge in [0, 0.05) is 25.1 Å². The Kier molecular flexibility index (Phi) is 6.00. The van der Waals surface area contributed by atoms with E-state index in [9.17, 15) is 18.4 Å². The van der Waals surface area contributed by atoms with Crippen LogP contribution in [0.3, 0.4) is 0 Å². The first-order chi connectivity index (χ1) is 11.4. The SMILES string of the molecule is CC(NC(=O)C1CC(F)(F)CN1)c1ccc(N2CCCC2=O)cc1.Cl. The number of carbonyl (C=O) groups excluding carboxylic acids is 2. The third-order valence-electron chi connectivity index (χ3n) is 4.56. The van der Waals surface area contributed by atoms with Crippen molar-refractivity contribution in [3.05, 3.63) is 29.8 Å². The van der Waals surface area contributed by atoms with Gasteiger partial charge in [-0.05, 0) is 31.0 Å². The number of carbonyl (C=O) groups is 2. The molecule has 3 rings (SSSR count). The van der Waals surface area contributed by atoms with E-state index in [1.807, 2.05) is 24.3 Å². The van der Waals surface area contributed by atoms with Gasteiger partial charge in [0.1, 0.15) is 0 Å². The smallest absolute Gasteiger partial charge is 0.262 e. The third-order valence-corrected chi connectivity index (χ3v) is 4.56. The number of alkyl halides is 2. The van der Waals surface area contributed by atoms with Gasteiger partial charge in [0.05, 0.1) is 18.6 Å². The van der Waals surface area contributed by atoms with Gasteiger partial charge in [-0.1, -0.05) is 12.1 Å². The lowest BCUT2D eigenvalue weighted by atomic mass is 10.1. The number of anilines is 1. The molecule has 2 N–H and O–H groups in total. The maximum atomic E-state index is 13.2. The predicted octanol–water partition coefficient (Wildman–Crippen LogP) is 2.41. The summed E-state index contributed by atoms with van der Waals surface area (Å²) in [5.74, 6) is -3.12. The van der Waals surface area contributed by atoms with Crippen LogP contribution in [0.2, 0.25) is 0 Å². The lowest BCUT2D eigenvalue weighted by Crippen LogP contribution is -2.41. The second-order valence-corrected chi connectivity index (χ2v) is 6.46. The highest BCUT2D eigenvalue weighted by Crippen LogP contribution is 2.26. The standard InChI is InChI=1S/C17H21F2N3O2.ClH/c1-11(21-16(24)14-9-17(18,19)10-20-14)12-4-6-13(7-5-12)22-8-2-3-15(22)23;/h4-7,11,14,20H,2-3,8-10H2,1H3,(H,21,24);1H. The molecular weight excluding hydrogens is 352 g/mol. The number of hydrogen-bond acceptors (Lipinski definition) is 3. The number of nitrogens with zero attached hydrogens (tertiary/aromatic N) is 1. The van der Waals surface area contributed by atoms with Gasteiger partial charge >= 0.3 is 0 Å². The third kappa shape index (κ3) is 4.46. The van der Waals surface area contributed by atoms with Crippen molar-refractivity contribution >= 4 is 29.9 Å². The Morgan fingerprint density at radius 3 is 2.56 bits per heavy atom. The van der Waals surface area contributed by atoms with Gasteiger partial charge in [0.2, 0.25) is 11.8 Å². The molecule has 0 spiro atoms. The van der Waals surface area contributed by atoms with E-state index in [0.29, 0.717) is 6.42 Å². The van der Waals surface area contributed by atoms with Crippen LogP contribution in [0.1, 0.15) is 37.8 Å². The van der Waals surface area contributed by atoms with E-state index < -0.39 is 30.8 Å². The summed E-state index contributed by atoms with van der Waals surface area (Å²) in [5.41, 5.74) is 1.71. The number of hydrogen-bond donors (Lipinski definition) is 2. The van der Waals surface area contributed by atoms with Crippen LogP contribution in [0.15, 0.2) is 24.3 Å². The summed E-state index contributed by atoms with van der Waals surface area (Å²) in [7, 11) is 0. The molecule has 8 heteroatoms. The van der Waals surface area contributed by atoms with Gasteiger partial charge in [-0.3, -0.25) is 14.9 Å². The van der Waals surface area contributed by atoms with Crippen LogP contribution in [0.4, 0.5) is 14.5 Å². The molecule has 0 bridgehead atoms. The van der Waals surface area contributed by atoms with Crippen molar-refractivity contribution in [1.29, 1.82) is 0 Å². The van der Waals surface area contributed by atoms with Crippen LogP contribution in [-0.2, 0) is 9.59 Å². The fraction of sp³-hybridized carbons (Fsp3) is 0.529. The predicted molar refractivity (Wildman–Crippen MR) is 93.2 cm³/mol. The molecule has 2 amide bonds. The Bertz CT molecular complexity index is 639. The molecule has 0 aliphatic carbocycles. The Labute approximate surface area is 151 Å². The van der Waals surface area contributed by atoms with E-state index in [2.05, 4.69) is 10.6 Å². The molecule has 2 saturated heterocycles. The van der Waals surface area contributed by atoms with Gasteiger partial charge in [-0.25, -0.2) is 8.78 Å². The first kappa shape index (κ1) is 19.6. The normalized spacial score (nSPS) is 23.2. The van der Waals surface area contributed by atoms with Crippen molar-refractivity contribution in [2.24, 2.45) is 0 Å². The fourth-order valence-corrected chi connectivity index (χ4v) is 3.16. The quantitative estimate of drug-likeness (QED) is 0.852.